The Morgan fingerprint density at radius 3 is 1.87 bits per heavy atom. The summed E-state index contributed by atoms with van der Waals surface area (Å²) >= 11 is 0. The van der Waals surface area contributed by atoms with Gasteiger partial charge in [-0.1, -0.05) is 36.4 Å². The summed E-state index contributed by atoms with van der Waals surface area (Å²) in [7, 11) is -2.60. The van der Waals surface area contributed by atoms with Crippen LogP contribution in [0.4, 0.5) is 0 Å². The summed E-state index contributed by atoms with van der Waals surface area (Å²) in [6.45, 7) is -0.141. The maximum Gasteiger partial charge on any atom is 0.472 e. The molecule has 2 aromatic rings. The van der Waals surface area contributed by atoms with Crippen molar-refractivity contribution in [1.82, 2.24) is 0 Å². The Morgan fingerprint density at radius 1 is 0.957 bits per heavy atom. The lowest BCUT2D eigenvalue weighted by Gasteiger charge is -2.12. The summed E-state index contributed by atoms with van der Waals surface area (Å²) in [5, 5.41) is 0. The fourth-order valence-electron chi connectivity index (χ4n) is 1.76. The number of methoxy groups -OCH3 is 1. The fraction of sp³-hybridized carbons (Fsp3) is 0.188. The zero-order valence-corrected chi connectivity index (χ0v) is 13.4. The Balaban J connectivity index is 1.85. The molecular weight excluding hydrogens is 319 g/mol. The largest absolute Gasteiger partial charge is 0.497 e. The third-order valence-corrected chi connectivity index (χ3v) is 3.97. The Hall–Kier alpha value is -1.98. The van der Waals surface area contributed by atoms with Crippen molar-refractivity contribution >= 4 is 14.1 Å². The van der Waals surface area contributed by atoms with Crippen molar-refractivity contribution in [2.75, 3.05) is 7.11 Å². The molecule has 0 aromatic heterocycles. The van der Waals surface area contributed by atoms with E-state index in [1.807, 2.05) is 0 Å². The van der Waals surface area contributed by atoms with Gasteiger partial charge >= 0.3 is 7.82 Å². The summed E-state index contributed by atoms with van der Waals surface area (Å²) in [5.41, 5.74) is 1.91. The number of ether oxygens (including phenoxy) is 1. The second-order valence-corrected chi connectivity index (χ2v) is 6.18. The van der Waals surface area contributed by atoms with E-state index in [-0.39, 0.29) is 13.2 Å². The van der Waals surface area contributed by atoms with Gasteiger partial charge in [0.2, 0.25) is 0 Å². The number of carbonyl (C=O) groups excluding carboxylic acids is 1. The van der Waals surface area contributed by atoms with E-state index in [0.29, 0.717) is 16.9 Å². The number of phosphoric ester groups is 1. The van der Waals surface area contributed by atoms with E-state index in [0.717, 1.165) is 11.8 Å². The fourth-order valence-corrected chi connectivity index (χ4v) is 2.46. The molecule has 0 aliphatic carbocycles. The van der Waals surface area contributed by atoms with Crippen LogP contribution in [-0.2, 0) is 26.8 Å². The van der Waals surface area contributed by atoms with Crippen LogP contribution in [0.1, 0.15) is 21.5 Å². The third kappa shape index (κ3) is 5.62. The molecule has 0 saturated heterocycles. The number of benzene rings is 2. The molecule has 2 rings (SSSR count). The van der Waals surface area contributed by atoms with Gasteiger partial charge in [0.1, 0.15) is 12.0 Å². The van der Waals surface area contributed by atoms with Crippen molar-refractivity contribution in [3.05, 3.63) is 65.2 Å². The summed E-state index contributed by atoms with van der Waals surface area (Å²) in [6, 6.07) is 13.4. The summed E-state index contributed by atoms with van der Waals surface area (Å²) < 4.78 is 26.7. The van der Waals surface area contributed by atoms with Crippen LogP contribution in [0.15, 0.2) is 48.5 Å². The van der Waals surface area contributed by atoms with Crippen molar-refractivity contribution in [2.24, 2.45) is 0 Å². The molecule has 0 radical (unpaired) electrons. The maximum atomic E-state index is 11.8. The van der Waals surface area contributed by atoms with Gasteiger partial charge in [-0.15, -0.1) is 0 Å². The molecule has 0 bridgehead atoms. The van der Waals surface area contributed by atoms with Crippen LogP contribution in [0.3, 0.4) is 0 Å². The highest BCUT2D eigenvalue weighted by Crippen LogP contribution is 2.45. The molecule has 0 spiro atoms. The molecule has 1 atom stereocenters. The lowest BCUT2D eigenvalue weighted by atomic mass is 10.2. The Labute approximate surface area is 134 Å². The summed E-state index contributed by atoms with van der Waals surface area (Å²) in [6.07, 6.45) is 0.722. The van der Waals surface area contributed by atoms with Crippen molar-refractivity contribution in [1.29, 1.82) is 0 Å². The maximum absolute atomic E-state index is 11.8. The molecule has 6 nitrogen and oxygen atoms in total. The lowest BCUT2D eigenvalue weighted by molar-refractivity contribution is 0.112. The van der Waals surface area contributed by atoms with Crippen molar-refractivity contribution in [3.8, 4) is 5.75 Å². The number of rotatable bonds is 8. The first kappa shape index (κ1) is 17.4. The van der Waals surface area contributed by atoms with Gasteiger partial charge in [0.05, 0.1) is 20.3 Å². The first-order valence-corrected chi connectivity index (χ1v) is 8.31. The Kier molecular flexibility index (Phi) is 6.07. The average Bonchev–Trinajstić information content (AvgIpc) is 2.59. The molecule has 1 N–H and O–H groups in total. The van der Waals surface area contributed by atoms with E-state index < -0.39 is 7.82 Å². The van der Waals surface area contributed by atoms with Gasteiger partial charge in [0.25, 0.3) is 0 Å². The first-order valence-electron chi connectivity index (χ1n) is 6.81. The molecule has 23 heavy (non-hydrogen) atoms. The average molecular weight is 336 g/mol. The second-order valence-electron chi connectivity index (χ2n) is 4.72. The molecule has 0 aliphatic rings. The molecular formula is C16H17O6P. The van der Waals surface area contributed by atoms with Gasteiger partial charge in [0, 0.05) is 5.56 Å². The monoisotopic (exact) mass is 336 g/mol. The van der Waals surface area contributed by atoms with E-state index in [4.69, 9.17) is 13.8 Å². The van der Waals surface area contributed by atoms with Crippen LogP contribution in [0.2, 0.25) is 0 Å². The van der Waals surface area contributed by atoms with Crippen LogP contribution in [0.5, 0.6) is 5.75 Å². The predicted molar refractivity (Wildman–Crippen MR) is 84.2 cm³/mol. The molecule has 122 valence electrons. The summed E-state index contributed by atoms with van der Waals surface area (Å²) in [4.78, 5) is 20.2. The van der Waals surface area contributed by atoms with Crippen LogP contribution < -0.4 is 4.74 Å². The minimum atomic E-state index is -4.16. The zero-order valence-electron chi connectivity index (χ0n) is 12.5. The molecule has 1 unspecified atom stereocenters. The van der Waals surface area contributed by atoms with Gasteiger partial charge in [-0.3, -0.25) is 13.8 Å². The number of carbonyl (C=O) groups is 1. The van der Waals surface area contributed by atoms with Gasteiger partial charge in [-0.2, -0.15) is 0 Å². The number of aldehydes is 1. The molecule has 0 fully saturated rings. The van der Waals surface area contributed by atoms with Crippen LogP contribution in [-0.4, -0.2) is 18.3 Å². The van der Waals surface area contributed by atoms with Crippen molar-refractivity contribution in [3.63, 3.8) is 0 Å². The standard InChI is InChI=1S/C16H17O6P/c1-20-16-8-6-15(7-9-16)12-22-23(18,19)21-11-14-4-2-13(10-17)3-5-14/h2-10H,11-12H2,1H3,(H,18,19). The van der Waals surface area contributed by atoms with Crippen molar-refractivity contribution < 1.29 is 28.0 Å². The smallest absolute Gasteiger partial charge is 0.472 e. The molecule has 7 heteroatoms. The van der Waals surface area contributed by atoms with Crippen LogP contribution in [0.25, 0.3) is 0 Å². The highest BCUT2D eigenvalue weighted by atomic mass is 31.2. The highest BCUT2D eigenvalue weighted by Gasteiger charge is 2.21. The quantitative estimate of drug-likeness (QED) is 0.588. The minimum absolute atomic E-state index is 0.0537. The minimum Gasteiger partial charge on any atom is -0.497 e. The van der Waals surface area contributed by atoms with Crippen molar-refractivity contribution in [2.45, 2.75) is 13.2 Å². The SMILES string of the molecule is COc1ccc(COP(=O)(O)OCc2ccc(C=O)cc2)cc1. The van der Waals surface area contributed by atoms with Gasteiger partial charge in [-0.25, -0.2) is 4.57 Å². The van der Waals surface area contributed by atoms with Gasteiger partial charge in [-0.05, 0) is 23.3 Å². The number of hydrogen-bond acceptors (Lipinski definition) is 5. The van der Waals surface area contributed by atoms with E-state index in [1.54, 1.807) is 55.6 Å². The van der Waals surface area contributed by atoms with E-state index >= 15 is 0 Å². The Bertz CT molecular complexity index is 681. The lowest BCUT2D eigenvalue weighted by Crippen LogP contribution is -1.97. The zero-order chi connectivity index (χ0) is 16.7. The first-order chi connectivity index (χ1) is 11.0. The van der Waals surface area contributed by atoms with E-state index in [9.17, 15) is 14.3 Å². The predicted octanol–water partition coefficient (Wildman–Crippen LogP) is 3.34. The highest BCUT2D eigenvalue weighted by molar-refractivity contribution is 7.47. The normalized spacial score (nSPS) is 13.3. The molecule has 0 amide bonds. The molecule has 2 aromatic carbocycles. The van der Waals surface area contributed by atoms with Crippen LogP contribution >= 0.6 is 7.82 Å². The number of hydrogen-bond donors (Lipinski definition) is 1. The number of phosphoric acid groups is 1. The topological polar surface area (TPSA) is 82.1 Å². The second kappa shape index (κ2) is 8.04. The van der Waals surface area contributed by atoms with Gasteiger partial charge < -0.3 is 9.63 Å². The third-order valence-electron chi connectivity index (χ3n) is 3.06. The Morgan fingerprint density at radius 2 is 1.43 bits per heavy atom. The summed E-state index contributed by atoms with van der Waals surface area (Å²) in [5.74, 6) is 0.691. The molecule has 0 saturated carbocycles. The molecule has 0 heterocycles. The molecule has 0 aliphatic heterocycles. The van der Waals surface area contributed by atoms with E-state index in [2.05, 4.69) is 0 Å². The van der Waals surface area contributed by atoms with Crippen LogP contribution in [0, 0.1) is 0 Å². The van der Waals surface area contributed by atoms with Gasteiger partial charge in [0.15, 0.2) is 0 Å². The van der Waals surface area contributed by atoms with E-state index in [1.165, 1.54) is 0 Å².